The van der Waals surface area contributed by atoms with Crippen LogP contribution in [0.3, 0.4) is 0 Å². The lowest BCUT2D eigenvalue weighted by Crippen LogP contribution is -2.60. The highest BCUT2D eigenvalue weighted by molar-refractivity contribution is 6.39. The van der Waals surface area contributed by atoms with Crippen LogP contribution in [0.4, 0.5) is 0 Å². The van der Waals surface area contributed by atoms with Gasteiger partial charge in [0.05, 0.1) is 24.4 Å². The van der Waals surface area contributed by atoms with Gasteiger partial charge in [-0.25, -0.2) is 4.79 Å². The number of cyclic esters (lactones) is 1. The van der Waals surface area contributed by atoms with Crippen LogP contribution in [-0.2, 0) is 42.9 Å². The molecular formula is C51H79NO12. The maximum absolute atomic E-state index is 14.3. The summed E-state index contributed by atoms with van der Waals surface area (Å²) in [5.41, 5.74) is 1.39. The minimum atomic E-state index is -2.37. The molecule has 3 heterocycles. The molecule has 2 saturated heterocycles. The number of Topliss-reactive ketones (excluding diaryl/α,β-unsaturated/α-hetero) is 3. The number of amides is 1. The Bertz CT molecular complexity index is 1740. The molecular weight excluding hydrogens is 819 g/mol. The third-order valence-electron chi connectivity index (χ3n) is 14.6. The summed E-state index contributed by atoms with van der Waals surface area (Å²) in [5.74, 6) is -7.64. The van der Waals surface area contributed by atoms with Crippen LogP contribution in [0.5, 0.6) is 0 Å². The predicted molar refractivity (Wildman–Crippen MR) is 244 cm³/mol. The molecule has 64 heavy (non-hydrogen) atoms. The summed E-state index contributed by atoms with van der Waals surface area (Å²) < 4.78 is 23.6. The molecule has 0 spiro atoms. The van der Waals surface area contributed by atoms with E-state index in [0.717, 1.165) is 12.0 Å². The molecule has 3 fully saturated rings. The molecule has 3 aliphatic heterocycles. The Morgan fingerprint density at radius 1 is 0.859 bits per heavy atom. The van der Waals surface area contributed by atoms with Gasteiger partial charge >= 0.3 is 5.97 Å². The third-order valence-corrected chi connectivity index (χ3v) is 14.6. The number of ketones is 3. The zero-order chi connectivity index (χ0) is 47.5. The van der Waals surface area contributed by atoms with Crippen molar-refractivity contribution in [3.63, 3.8) is 0 Å². The van der Waals surface area contributed by atoms with Crippen molar-refractivity contribution in [2.24, 2.45) is 41.4 Å². The van der Waals surface area contributed by atoms with Crippen LogP contribution in [0.1, 0.15) is 132 Å². The molecule has 0 aromatic carbocycles. The molecule has 4 aliphatic rings. The zero-order valence-corrected chi connectivity index (χ0v) is 40.2. The van der Waals surface area contributed by atoms with Crippen molar-refractivity contribution in [1.82, 2.24) is 4.90 Å². The number of piperidine rings is 1. The first-order valence-electron chi connectivity index (χ1n) is 23.9. The number of aliphatic hydroxyl groups excluding tert-OH is 2. The van der Waals surface area contributed by atoms with E-state index in [1.807, 2.05) is 65.0 Å². The Hall–Kier alpha value is -3.33. The second-order valence-corrected chi connectivity index (χ2v) is 19.8. The topological polar surface area (TPSA) is 186 Å². The largest absolute Gasteiger partial charge is 0.460 e. The first-order chi connectivity index (χ1) is 30.2. The molecule has 360 valence electrons. The number of carbonyl (C=O) groups is 5. The van der Waals surface area contributed by atoms with Gasteiger partial charge in [-0.3, -0.25) is 19.2 Å². The van der Waals surface area contributed by atoms with E-state index in [1.54, 1.807) is 34.0 Å². The Balaban J connectivity index is 1.69. The maximum Gasteiger partial charge on any atom is 0.329 e. The van der Waals surface area contributed by atoms with Crippen molar-refractivity contribution in [3.8, 4) is 0 Å². The molecule has 1 aliphatic carbocycles. The fourth-order valence-corrected chi connectivity index (χ4v) is 10.1. The van der Waals surface area contributed by atoms with Gasteiger partial charge in [-0.2, -0.15) is 0 Å². The fraction of sp³-hybridized carbons (Fsp3) is 0.745. The van der Waals surface area contributed by atoms with E-state index < -0.39 is 77.8 Å². The monoisotopic (exact) mass is 898 g/mol. The van der Waals surface area contributed by atoms with Crippen LogP contribution in [-0.4, -0.2) is 119 Å². The van der Waals surface area contributed by atoms with Crippen LogP contribution in [0, 0.1) is 41.4 Å². The van der Waals surface area contributed by atoms with Gasteiger partial charge in [0.2, 0.25) is 5.79 Å². The first kappa shape index (κ1) is 53.3. The maximum atomic E-state index is 14.3. The van der Waals surface area contributed by atoms with Crippen LogP contribution in [0.2, 0.25) is 0 Å². The summed E-state index contributed by atoms with van der Waals surface area (Å²) in [6, 6.07) is -1.12. The SMILES string of the molecule is COC1CC(C[C@@H](C)C2CC(=O)C(C)=CC(C)C(O)C(OC)C(=O)[C@H](C)CC(C)C=CC=CC=C(C)[C@@H](C)CC3CC[C@@H](C)C(O)(O3)C(=O)C(=O)N3CCCC[C@H]3C(=O)O2)CCC1O. The highest BCUT2D eigenvalue weighted by atomic mass is 16.6. The van der Waals surface area contributed by atoms with Gasteiger partial charge in [-0.15, -0.1) is 0 Å². The second-order valence-electron chi connectivity index (χ2n) is 19.8. The van der Waals surface area contributed by atoms with Gasteiger partial charge in [-0.05, 0) is 114 Å². The lowest BCUT2D eigenvalue weighted by Gasteiger charge is -2.42. The lowest BCUT2D eigenvalue weighted by molar-refractivity contribution is -0.264. The van der Waals surface area contributed by atoms with Crippen molar-refractivity contribution in [2.45, 2.75) is 181 Å². The Kier molecular flexibility index (Phi) is 20.4. The number of allylic oxidation sites excluding steroid dienone is 7. The minimum Gasteiger partial charge on any atom is -0.460 e. The summed E-state index contributed by atoms with van der Waals surface area (Å²) in [6.45, 7) is 15.0. The molecule has 4 rings (SSSR count). The number of fused-ring (bicyclic) bond motifs is 3. The highest BCUT2D eigenvalue weighted by Crippen LogP contribution is 2.38. The number of hydrogen-bond acceptors (Lipinski definition) is 12. The van der Waals surface area contributed by atoms with Gasteiger partial charge in [0.25, 0.3) is 11.7 Å². The number of rotatable bonds is 5. The molecule has 1 saturated carbocycles. The van der Waals surface area contributed by atoms with Crippen LogP contribution in [0.15, 0.2) is 47.6 Å². The Labute approximate surface area is 382 Å². The van der Waals surface area contributed by atoms with E-state index in [1.165, 1.54) is 12.0 Å². The molecule has 3 N–H and O–H groups in total. The average Bonchev–Trinajstić information content (AvgIpc) is 3.26. The fourth-order valence-electron chi connectivity index (χ4n) is 10.1. The van der Waals surface area contributed by atoms with Crippen LogP contribution in [0.25, 0.3) is 0 Å². The van der Waals surface area contributed by atoms with Gasteiger partial charge in [0.1, 0.15) is 18.2 Å². The molecule has 13 nitrogen and oxygen atoms in total. The smallest absolute Gasteiger partial charge is 0.329 e. The number of methoxy groups -OCH3 is 2. The van der Waals surface area contributed by atoms with Crippen molar-refractivity contribution in [2.75, 3.05) is 20.8 Å². The molecule has 10 unspecified atom stereocenters. The normalized spacial score (nSPS) is 38.2. The zero-order valence-electron chi connectivity index (χ0n) is 40.2. The number of aliphatic hydroxyl groups is 3. The molecule has 0 radical (unpaired) electrons. The van der Waals surface area contributed by atoms with Crippen molar-refractivity contribution < 1.29 is 58.2 Å². The summed E-state index contributed by atoms with van der Waals surface area (Å²) in [6.07, 6.45) is 12.5. The molecule has 13 heteroatoms. The minimum absolute atomic E-state index is 0.0317. The van der Waals surface area contributed by atoms with E-state index in [2.05, 4.69) is 0 Å². The Morgan fingerprint density at radius 2 is 1.58 bits per heavy atom. The summed E-state index contributed by atoms with van der Waals surface area (Å²) in [7, 11) is 2.96. The van der Waals surface area contributed by atoms with Gasteiger partial charge in [-0.1, -0.05) is 83.6 Å². The van der Waals surface area contributed by atoms with E-state index in [-0.39, 0.29) is 60.7 Å². The summed E-state index contributed by atoms with van der Waals surface area (Å²) in [5, 5.41) is 33.8. The second kappa shape index (κ2) is 24.4. The number of hydrogen-bond donors (Lipinski definition) is 3. The Morgan fingerprint density at radius 3 is 2.27 bits per heavy atom. The van der Waals surface area contributed by atoms with E-state index >= 15 is 0 Å². The quantitative estimate of drug-likeness (QED) is 0.194. The number of esters is 1. The third kappa shape index (κ3) is 13.9. The van der Waals surface area contributed by atoms with Crippen molar-refractivity contribution in [3.05, 3.63) is 47.6 Å². The standard InChI is InChI=1S/C51H79NO12/c1-30-16-12-11-13-17-31(2)32(3)27-39-21-19-37(8)51(60,64-39)48(57)49(58)52-23-15-14-18-40(52)50(59)63-43(34(5)26-38-20-22-41(53)44(28-38)61-9)29-42(54)33(4)25-36(7)46(56)47(62-10)45(55)35(6)24-30/h11-13,16-17,25,30,32,34-41,43-44,46-47,53,56,60H,14-15,18-24,26-29H2,1-10H3/t30?,32-,34+,35+,36?,37+,38?,39?,40-,41?,43?,44?,46?,47?,51?/m0/s1. The number of ether oxygens (including phenoxy) is 4. The van der Waals surface area contributed by atoms with Gasteiger partial charge < -0.3 is 39.2 Å². The number of nitrogens with zero attached hydrogens (tertiary/aromatic N) is 1. The van der Waals surface area contributed by atoms with Gasteiger partial charge in [0.15, 0.2) is 11.6 Å². The van der Waals surface area contributed by atoms with E-state index in [0.29, 0.717) is 63.4 Å². The first-order valence-corrected chi connectivity index (χ1v) is 23.9. The predicted octanol–water partition coefficient (Wildman–Crippen LogP) is 6.80. The molecule has 15 atom stereocenters. The van der Waals surface area contributed by atoms with Gasteiger partial charge in [0, 0.05) is 44.9 Å². The summed E-state index contributed by atoms with van der Waals surface area (Å²) in [4.78, 5) is 71.6. The number of carbonyl (C=O) groups excluding carboxylic acids is 5. The van der Waals surface area contributed by atoms with E-state index in [4.69, 9.17) is 18.9 Å². The van der Waals surface area contributed by atoms with Crippen LogP contribution < -0.4 is 0 Å². The molecule has 1 amide bonds. The molecule has 0 aromatic heterocycles. The highest BCUT2D eigenvalue weighted by Gasteiger charge is 2.53. The van der Waals surface area contributed by atoms with Crippen LogP contribution >= 0.6 is 0 Å². The van der Waals surface area contributed by atoms with E-state index in [9.17, 15) is 39.3 Å². The lowest BCUT2D eigenvalue weighted by atomic mass is 9.78. The summed E-state index contributed by atoms with van der Waals surface area (Å²) >= 11 is 0. The molecule has 2 bridgehead atoms. The van der Waals surface area contributed by atoms with Crippen molar-refractivity contribution in [1.29, 1.82) is 0 Å². The molecule has 0 aromatic rings. The average molecular weight is 898 g/mol. The van der Waals surface area contributed by atoms with Crippen molar-refractivity contribution >= 4 is 29.2 Å².